The van der Waals surface area contributed by atoms with Gasteiger partial charge >= 0.3 is 0 Å². The molecule has 0 aliphatic carbocycles. The van der Waals surface area contributed by atoms with E-state index in [4.69, 9.17) is 0 Å². The van der Waals surface area contributed by atoms with E-state index in [1.54, 1.807) is 0 Å². The van der Waals surface area contributed by atoms with Crippen LogP contribution in [-0.2, 0) is 6.42 Å². The van der Waals surface area contributed by atoms with Crippen molar-refractivity contribution in [2.45, 2.75) is 19.8 Å². The molecule has 0 unspecified atom stereocenters. The van der Waals surface area contributed by atoms with Gasteiger partial charge in [-0.05, 0) is 41.4 Å². The van der Waals surface area contributed by atoms with Gasteiger partial charge in [0.2, 0.25) is 0 Å². The summed E-state index contributed by atoms with van der Waals surface area (Å²) in [6, 6.07) is 4.29. The molecule has 0 bridgehead atoms. The van der Waals surface area contributed by atoms with Crippen molar-refractivity contribution >= 4 is 43.2 Å². The molecule has 0 aliphatic rings. The Hall–Kier alpha value is 0.400. The first kappa shape index (κ1) is 11.5. The van der Waals surface area contributed by atoms with E-state index in [2.05, 4.69) is 57.0 Å². The third-order valence-corrected chi connectivity index (χ3v) is 3.77. The maximum Gasteiger partial charge on any atom is 0.0701 e. The molecule has 0 aromatic carbocycles. The fourth-order valence-electron chi connectivity index (χ4n) is 1.09. The summed E-state index contributed by atoms with van der Waals surface area (Å²) in [6.45, 7) is 2.19. The Bertz CT molecular complexity index is 289. The molecular weight excluding hydrogens is 312 g/mol. The van der Waals surface area contributed by atoms with E-state index >= 15 is 0 Å². The van der Waals surface area contributed by atoms with Crippen molar-refractivity contribution in [2.75, 3.05) is 5.33 Å². The van der Waals surface area contributed by atoms with E-state index in [1.165, 1.54) is 14.2 Å². The van der Waals surface area contributed by atoms with Crippen LogP contribution in [0.4, 0.5) is 0 Å². The van der Waals surface area contributed by atoms with Crippen LogP contribution in [0.2, 0.25) is 0 Å². The van der Waals surface area contributed by atoms with E-state index in [9.17, 15) is 0 Å². The third kappa shape index (κ3) is 4.43. The van der Waals surface area contributed by atoms with Crippen molar-refractivity contribution < 1.29 is 0 Å². The monoisotopic (exact) mass is 322 g/mol. The fourth-order valence-corrected chi connectivity index (χ4v) is 2.90. The summed E-state index contributed by atoms with van der Waals surface area (Å²) in [7, 11) is 0. The summed E-state index contributed by atoms with van der Waals surface area (Å²) in [6.07, 6.45) is 4.50. The predicted octanol–water partition coefficient (Wildman–Crippen LogP) is 4.78. The maximum absolute atomic E-state index is 3.47. The molecule has 0 N–H and O–H groups in total. The highest BCUT2D eigenvalue weighted by atomic mass is 79.9. The van der Waals surface area contributed by atoms with Gasteiger partial charge in [-0.15, -0.1) is 11.3 Å². The summed E-state index contributed by atoms with van der Waals surface area (Å²) in [4.78, 5) is 1.43. The summed E-state index contributed by atoms with van der Waals surface area (Å²) < 4.78 is 1.22. The molecule has 0 saturated carbocycles. The fraction of sp³-hybridized carbons (Fsp3) is 0.400. The standard InChI is InChI=1S/C10H12Br2S/c1-8(3-2-6-11)7-9-4-5-10(12)13-9/h3-5H,2,6-7H2,1H3. The minimum atomic E-state index is 1.05. The van der Waals surface area contributed by atoms with Gasteiger partial charge in [0.15, 0.2) is 0 Å². The van der Waals surface area contributed by atoms with Crippen LogP contribution in [-0.4, -0.2) is 5.33 Å². The predicted molar refractivity (Wildman–Crippen MR) is 67.9 cm³/mol. The second kappa shape index (κ2) is 5.99. The van der Waals surface area contributed by atoms with Crippen LogP contribution in [0, 0.1) is 0 Å². The van der Waals surface area contributed by atoms with Gasteiger partial charge in [0.1, 0.15) is 0 Å². The Kier molecular flexibility index (Phi) is 5.29. The minimum Gasteiger partial charge on any atom is -0.133 e. The van der Waals surface area contributed by atoms with Crippen LogP contribution < -0.4 is 0 Å². The Labute approximate surface area is 100 Å². The average molecular weight is 324 g/mol. The highest BCUT2D eigenvalue weighted by Gasteiger charge is 1.98. The molecule has 0 radical (unpaired) electrons. The van der Waals surface area contributed by atoms with E-state index in [0.29, 0.717) is 0 Å². The number of hydrogen-bond acceptors (Lipinski definition) is 1. The summed E-state index contributed by atoms with van der Waals surface area (Å²) >= 11 is 8.70. The molecule has 0 saturated heterocycles. The van der Waals surface area contributed by atoms with Crippen molar-refractivity contribution in [3.05, 3.63) is 32.4 Å². The molecule has 0 nitrogen and oxygen atoms in total. The van der Waals surface area contributed by atoms with Gasteiger partial charge in [-0.3, -0.25) is 0 Å². The van der Waals surface area contributed by atoms with Gasteiger partial charge in [0, 0.05) is 16.6 Å². The van der Waals surface area contributed by atoms with Crippen LogP contribution >= 0.6 is 43.2 Å². The van der Waals surface area contributed by atoms with Crippen LogP contribution in [0.15, 0.2) is 27.6 Å². The Morgan fingerprint density at radius 2 is 2.31 bits per heavy atom. The van der Waals surface area contributed by atoms with E-state index < -0.39 is 0 Å². The summed E-state index contributed by atoms with van der Waals surface area (Å²) in [5, 5.41) is 1.05. The highest BCUT2D eigenvalue weighted by molar-refractivity contribution is 9.11. The number of allylic oxidation sites excluding steroid dienone is 2. The number of hydrogen-bond donors (Lipinski definition) is 0. The molecular formula is C10H12Br2S. The SMILES string of the molecule is CC(=CCCBr)Cc1ccc(Br)s1. The second-order valence-electron chi connectivity index (χ2n) is 2.91. The van der Waals surface area contributed by atoms with Gasteiger partial charge in [-0.25, -0.2) is 0 Å². The van der Waals surface area contributed by atoms with Gasteiger partial charge in [-0.1, -0.05) is 27.6 Å². The van der Waals surface area contributed by atoms with Crippen LogP contribution in [0.3, 0.4) is 0 Å². The maximum atomic E-state index is 3.47. The van der Waals surface area contributed by atoms with Crippen LogP contribution in [0.5, 0.6) is 0 Å². The molecule has 1 aromatic heterocycles. The zero-order valence-corrected chi connectivity index (χ0v) is 11.5. The smallest absolute Gasteiger partial charge is 0.0701 e. The summed E-state index contributed by atoms with van der Waals surface area (Å²) in [5.41, 5.74) is 1.45. The van der Waals surface area contributed by atoms with Crippen molar-refractivity contribution in [2.24, 2.45) is 0 Å². The van der Waals surface area contributed by atoms with Crippen LogP contribution in [0.25, 0.3) is 0 Å². The van der Waals surface area contributed by atoms with Crippen LogP contribution in [0.1, 0.15) is 18.2 Å². The molecule has 1 aromatic rings. The van der Waals surface area contributed by atoms with E-state index in [-0.39, 0.29) is 0 Å². The third-order valence-electron chi connectivity index (χ3n) is 1.68. The Morgan fingerprint density at radius 1 is 1.54 bits per heavy atom. The largest absolute Gasteiger partial charge is 0.133 e. The quantitative estimate of drug-likeness (QED) is 0.552. The van der Waals surface area contributed by atoms with Crippen molar-refractivity contribution in [1.29, 1.82) is 0 Å². The lowest BCUT2D eigenvalue weighted by Gasteiger charge is -1.97. The number of halogens is 2. The normalized spacial score (nSPS) is 12.1. The van der Waals surface area contributed by atoms with Crippen molar-refractivity contribution in [3.8, 4) is 0 Å². The molecule has 3 heteroatoms. The van der Waals surface area contributed by atoms with E-state index in [1.807, 2.05) is 11.3 Å². The van der Waals surface area contributed by atoms with Gasteiger partial charge in [-0.2, -0.15) is 0 Å². The highest BCUT2D eigenvalue weighted by Crippen LogP contribution is 2.24. The molecule has 0 aliphatic heterocycles. The van der Waals surface area contributed by atoms with Crippen molar-refractivity contribution in [1.82, 2.24) is 0 Å². The zero-order valence-electron chi connectivity index (χ0n) is 7.52. The summed E-state index contributed by atoms with van der Waals surface area (Å²) in [5.74, 6) is 0. The molecule has 0 atom stereocenters. The van der Waals surface area contributed by atoms with E-state index in [0.717, 1.165) is 18.2 Å². The molecule has 0 amide bonds. The first-order valence-corrected chi connectivity index (χ1v) is 6.91. The topological polar surface area (TPSA) is 0 Å². The lowest BCUT2D eigenvalue weighted by atomic mass is 10.1. The number of thiophene rings is 1. The Morgan fingerprint density at radius 3 is 2.85 bits per heavy atom. The molecule has 0 spiro atoms. The lowest BCUT2D eigenvalue weighted by Crippen LogP contribution is -1.82. The number of rotatable bonds is 4. The molecule has 72 valence electrons. The first-order valence-electron chi connectivity index (χ1n) is 4.18. The first-order chi connectivity index (χ1) is 6.22. The second-order valence-corrected chi connectivity index (χ2v) is 6.25. The van der Waals surface area contributed by atoms with Gasteiger partial charge in [0.05, 0.1) is 3.79 Å². The minimum absolute atomic E-state index is 1.05. The van der Waals surface area contributed by atoms with Crippen molar-refractivity contribution in [3.63, 3.8) is 0 Å². The lowest BCUT2D eigenvalue weighted by molar-refractivity contribution is 1.12. The molecule has 1 heterocycles. The Balaban J connectivity index is 2.49. The molecule has 0 fully saturated rings. The molecule has 13 heavy (non-hydrogen) atoms. The average Bonchev–Trinajstić information content (AvgIpc) is 2.48. The molecule has 1 rings (SSSR count). The van der Waals surface area contributed by atoms with Gasteiger partial charge in [0.25, 0.3) is 0 Å². The zero-order chi connectivity index (χ0) is 9.68. The van der Waals surface area contributed by atoms with Gasteiger partial charge < -0.3 is 0 Å². The number of alkyl halides is 1.